The van der Waals surface area contributed by atoms with Gasteiger partial charge in [0.2, 0.25) is 5.91 Å². The lowest BCUT2D eigenvalue weighted by Gasteiger charge is -2.37. The zero-order chi connectivity index (χ0) is 11.6. The molecule has 2 amide bonds. The fourth-order valence-electron chi connectivity index (χ4n) is 2.54. The monoisotopic (exact) mass is 224 g/mol. The number of carbonyl (C=O) groups is 1. The topological polar surface area (TPSA) is 52.7 Å². The van der Waals surface area contributed by atoms with Gasteiger partial charge in [-0.25, -0.2) is 0 Å². The summed E-state index contributed by atoms with van der Waals surface area (Å²) >= 11 is 0. The Morgan fingerprint density at radius 2 is 2.00 bits per heavy atom. The van der Waals surface area contributed by atoms with Crippen LogP contribution in [0.3, 0.4) is 0 Å². The maximum atomic E-state index is 12.4. The SMILES string of the molecule is CC1(C(=O)N2CCNCC2)CCCN1[C]=O. The second-order valence-corrected chi connectivity index (χ2v) is 4.66. The summed E-state index contributed by atoms with van der Waals surface area (Å²) in [6, 6.07) is 0. The molecule has 2 fully saturated rings. The van der Waals surface area contributed by atoms with Gasteiger partial charge in [0.1, 0.15) is 5.54 Å². The van der Waals surface area contributed by atoms with Gasteiger partial charge in [0.05, 0.1) is 0 Å². The first kappa shape index (κ1) is 11.4. The minimum atomic E-state index is -0.654. The zero-order valence-electron chi connectivity index (χ0n) is 9.66. The van der Waals surface area contributed by atoms with Gasteiger partial charge < -0.3 is 15.1 Å². The van der Waals surface area contributed by atoms with E-state index in [0.29, 0.717) is 6.54 Å². The molecule has 16 heavy (non-hydrogen) atoms. The zero-order valence-corrected chi connectivity index (χ0v) is 9.66. The van der Waals surface area contributed by atoms with E-state index < -0.39 is 5.54 Å². The molecule has 2 rings (SSSR count). The quantitative estimate of drug-likeness (QED) is 0.677. The van der Waals surface area contributed by atoms with E-state index >= 15 is 0 Å². The first-order valence-electron chi connectivity index (χ1n) is 5.84. The summed E-state index contributed by atoms with van der Waals surface area (Å²) in [5, 5.41) is 3.21. The number of likely N-dealkylation sites (tertiary alicyclic amines) is 1. The van der Waals surface area contributed by atoms with Crippen LogP contribution in [0.5, 0.6) is 0 Å². The van der Waals surface area contributed by atoms with Crippen LogP contribution in [-0.2, 0) is 9.59 Å². The smallest absolute Gasteiger partial charge is 0.313 e. The van der Waals surface area contributed by atoms with Crippen molar-refractivity contribution < 1.29 is 9.59 Å². The third-order valence-corrected chi connectivity index (χ3v) is 3.62. The third kappa shape index (κ3) is 1.80. The van der Waals surface area contributed by atoms with Crippen molar-refractivity contribution in [3.05, 3.63) is 0 Å². The van der Waals surface area contributed by atoms with Crippen LogP contribution in [0, 0.1) is 0 Å². The molecule has 1 unspecified atom stereocenters. The first-order valence-corrected chi connectivity index (χ1v) is 5.84. The molecule has 2 heterocycles. The van der Waals surface area contributed by atoms with E-state index in [1.54, 1.807) is 0 Å². The van der Waals surface area contributed by atoms with Crippen molar-refractivity contribution in [2.45, 2.75) is 25.3 Å². The van der Waals surface area contributed by atoms with Gasteiger partial charge >= 0.3 is 6.41 Å². The highest BCUT2D eigenvalue weighted by molar-refractivity contribution is 5.88. The highest BCUT2D eigenvalue weighted by Crippen LogP contribution is 2.29. The largest absolute Gasteiger partial charge is 0.338 e. The molecule has 0 bridgehead atoms. The van der Waals surface area contributed by atoms with E-state index in [2.05, 4.69) is 5.32 Å². The third-order valence-electron chi connectivity index (χ3n) is 3.62. The summed E-state index contributed by atoms with van der Waals surface area (Å²) in [6.07, 6.45) is 3.54. The Bertz CT molecular complexity index is 289. The number of hydrogen-bond donors (Lipinski definition) is 1. The van der Waals surface area contributed by atoms with E-state index in [-0.39, 0.29) is 5.91 Å². The molecule has 5 nitrogen and oxygen atoms in total. The predicted molar refractivity (Wildman–Crippen MR) is 59.5 cm³/mol. The van der Waals surface area contributed by atoms with E-state index in [0.717, 1.165) is 39.0 Å². The Kier molecular flexibility index (Phi) is 3.14. The highest BCUT2D eigenvalue weighted by Gasteiger charge is 2.45. The number of piperazine rings is 1. The molecule has 0 aliphatic carbocycles. The minimum Gasteiger partial charge on any atom is -0.338 e. The molecule has 0 aromatic carbocycles. The molecule has 0 saturated carbocycles. The van der Waals surface area contributed by atoms with Crippen LogP contribution in [0.15, 0.2) is 0 Å². The Balaban J connectivity index is 2.09. The number of carbonyl (C=O) groups excluding carboxylic acids is 2. The lowest BCUT2D eigenvalue weighted by molar-refractivity contribution is -0.140. The van der Waals surface area contributed by atoms with Gasteiger partial charge in [0.25, 0.3) is 0 Å². The number of nitrogens with zero attached hydrogens (tertiary/aromatic N) is 2. The molecular weight excluding hydrogens is 206 g/mol. The van der Waals surface area contributed by atoms with Crippen molar-refractivity contribution >= 4 is 12.3 Å². The Hall–Kier alpha value is -1.10. The van der Waals surface area contributed by atoms with E-state index in [1.807, 2.05) is 18.2 Å². The summed E-state index contributed by atoms with van der Waals surface area (Å²) in [5.74, 6) is 0.0786. The van der Waals surface area contributed by atoms with Crippen molar-refractivity contribution in [1.82, 2.24) is 15.1 Å². The van der Waals surface area contributed by atoms with Crippen molar-refractivity contribution in [2.24, 2.45) is 0 Å². The molecule has 89 valence electrons. The molecule has 0 spiro atoms. The molecule has 1 radical (unpaired) electrons. The standard InChI is InChI=1S/C11H18N3O2/c1-11(3-2-6-14(11)9-15)10(16)13-7-4-12-5-8-13/h12H,2-8H2,1H3. The Morgan fingerprint density at radius 3 is 2.62 bits per heavy atom. The van der Waals surface area contributed by atoms with Crippen LogP contribution in [0.1, 0.15) is 19.8 Å². The van der Waals surface area contributed by atoms with E-state index in [9.17, 15) is 9.59 Å². The van der Waals surface area contributed by atoms with Crippen molar-refractivity contribution in [3.8, 4) is 0 Å². The molecule has 2 saturated heterocycles. The van der Waals surface area contributed by atoms with Gasteiger partial charge in [-0.1, -0.05) is 0 Å². The maximum absolute atomic E-state index is 12.4. The maximum Gasteiger partial charge on any atom is 0.313 e. The van der Waals surface area contributed by atoms with Gasteiger partial charge in [0.15, 0.2) is 0 Å². The average Bonchev–Trinajstić information content (AvgIpc) is 2.72. The van der Waals surface area contributed by atoms with Gasteiger partial charge in [-0.3, -0.25) is 9.59 Å². The Morgan fingerprint density at radius 1 is 1.31 bits per heavy atom. The minimum absolute atomic E-state index is 0.0786. The lowest BCUT2D eigenvalue weighted by atomic mass is 9.97. The Labute approximate surface area is 95.8 Å². The number of hydrogen-bond acceptors (Lipinski definition) is 3. The van der Waals surface area contributed by atoms with Crippen LogP contribution < -0.4 is 5.32 Å². The second kappa shape index (κ2) is 4.41. The summed E-state index contributed by atoms with van der Waals surface area (Å²) in [4.78, 5) is 26.6. The second-order valence-electron chi connectivity index (χ2n) is 4.66. The molecule has 0 aromatic heterocycles. The fourth-order valence-corrected chi connectivity index (χ4v) is 2.54. The van der Waals surface area contributed by atoms with Gasteiger partial charge in [0, 0.05) is 32.7 Å². The molecule has 5 heteroatoms. The van der Waals surface area contributed by atoms with Crippen LogP contribution in [0.4, 0.5) is 0 Å². The molecule has 1 atom stereocenters. The predicted octanol–water partition coefficient (Wildman–Crippen LogP) is -0.660. The molecule has 2 aliphatic heterocycles. The number of nitrogens with one attached hydrogen (secondary N) is 1. The number of amides is 2. The van der Waals surface area contributed by atoms with Crippen molar-refractivity contribution in [2.75, 3.05) is 32.7 Å². The molecule has 2 aliphatic rings. The summed E-state index contributed by atoms with van der Waals surface area (Å²) < 4.78 is 0. The van der Waals surface area contributed by atoms with Crippen LogP contribution in [0.25, 0.3) is 0 Å². The molecule has 1 N–H and O–H groups in total. The van der Waals surface area contributed by atoms with E-state index in [4.69, 9.17) is 0 Å². The first-order chi connectivity index (χ1) is 7.68. The number of rotatable bonds is 2. The van der Waals surface area contributed by atoms with E-state index in [1.165, 1.54) is 4.90 Å². The highest BCUT2D eigenvalue weighted by atomic mass is 16.2. The van der Waals surface area contributed by atoms with Crippen LogP contribution in [0.2, 0.25) is 0 Å². The summed E-state index contributed by atoms with van der Waals surface area (Å²) in [5.41, 5.74) is -0.654. The van der Waals surface area contributed by atoms with Crippen molar-refractivity contribution in [3.63, 3.8) is 0 Å². The summed E-state index contributed by atoms with van der Waals surface area (Å²) in [7, 11) is 0. The normalized spacial score (nSPS) is 30.6. The van der Waals surface area contributed by atoms with Gasteiger partial charge in [-0.05, 0) is 19.8 Å². The average molecular weight is 224 g/mol. The van der Waals surface area contributed by atoms with Crippen LogP contribution in [-0.4, -0.2) is 60.4 Å². The van der Waals surface area contributed by atoms with Gasteiger partial charge in [-0.15, -0.1) is 0 Å². The lowest BCUT2D eigenvalue weighted by Crippen LogP contribution is -2.58. The van der Waals surface area contributed by atoms with Crippen LogP contribution >= 0.6 is 0 Å². The fraction of sp³-hybridized carbons (Fsp3) is 0.818. The molecular formula is C11H18N3O2. The van der Waals surface area contributed by atoms with Gasteiger partial charge in [-0.2, -0.15) is 0 Å². The van der Waals surface area contributed by atoms with Crippen molar-refractivity contribution in [1.29, 1.82) is 0 Å². The summed E-state index contributed by atoms with van der Waals surface area (Å²) in [6.45, 7) is 5.66. The molecule has 0 aromatic rings.